The van der Waals surface area contributed by atoms with Crippen molar-refractivity contribution in [2.75, 3.05) is 0 Å². The van der Waals surface area contributed by atoms with Crippen LogP contribution in [0.3, 0.4) is 0 Å². The zero-order chi connectivity index (χ0) is 12.1. The van der Waals surface area contributed by atoms with Gasteiger partial charge in [-0.15, -0.1) is 0 Å². The molecule has 0 saturated carbocycles. The van der Waals surface area contributed by atoms with Crippen LogP contribution in [0.15, 0.2) is 28.7 Å². The van der Waals surface area contributed by atoms with Gasteiger partial charge in [-0.05, 0) is 31.5 Å². The van der Waals surface area contributed by atoms with Gasteiger partial charge in [0.25, 0.3) is 0 Å². The third kappa shape index (κ3) is 4.33. The highest BCUT2D eigenvalue weighted by Crippen LogP contribution is 2.18. The molecule has 1 aromatic rings. The first-order valence-electron chi connectivity index (χ1n) is 5.22. The van der Waals surface area contributed by atoms with E-state index in [9.17, 15) is 4.79 Å². The van der Waals surface area contributed by atoms with Gasteiger partial charge in [0, 0.05) is 16.6 Å². The normalized spacial score (nSPS) is 14.4. The first-order chi connectivity index (χ1) is 7.49. The number of aliphatic carboxylic acids is 1. The summed E-state index contributed by atoms with van der Waals surface area (Å²) < 4.78 is 1.03. The molecule has 0 aromatic heterocycles. The topological polar surface area (TPSA) is 49.3 Å². The van der Waals surface area contributed by atoms with Gasteiger partial charge in [-0.3, -0.25) is 4.79 Å². The first kappa shape index (κ1) is 13.2. The van der Waals surface area contributed by atoms with Crippen LogP contribution in [0.1, 0.15) is 31.9 Å². The average Bonchev–Trinajstić information content (AvgIpc) is 2.16. The van der Waals surface area contributed by atoms with Crippen LogP contribution in [0.25, 0.3) is 0 Å². The van der Waals surface area contributed by atoms with Crippen LogP contribution < -0.4 is 5.32 Å². The van der Waals surface area contributed by atoms with E-state index in [1.54, 1.807) is 0 Å². The lowest BCUT2D eigenvalue weighted by Crippen LogP contribution is -2.30. The van der Waals surface area contributed by atoms with Gasteiger partial charge < -0.3 is 10.4 Å². The summed E-state index contributed by atoms with van der Waals surface area (Å²) in [5.74, 6) is -0.776. The fraction of sp³-hybridized carbons (Fsp3) is 0.417. The van der Waals surface area contributed by atoms with Crippen molar-refractivity contribution in [3.05, 3.63) is 34.3 Å². The Morgan fingerprint density at radius 1 is 1.50 bits per heavy atom. The van der Waals surface area contributed by atoms with Gasteiger partial charge in [0.05, 0.1) is 6.42 Å². The molecule has 0 aliphatic carbocycles. The SMILES string of the molecule is CC(CC(=O)O)N[C@H](C)c1cccc(Br)c1. The second-order valence-corrected chi connectivity index (χ2v) is 4.86. The second-order valence-electron chi connectivity index (χ2n) is 3.94. The highest BCUT2D eigenvalue weighted by Gasteiger charge is 2.12. The predicted molar refractivity (Wildman–Crippen MR) is 67.4 cm³/mol. The number of hydrogen-bond donors (Lipinski definition) is 2. The standard InChI is InChI=1S/C12H16BrNO2/c1-8(6-12(15)16)14-9(2)10-4-3-5-11(13)7-10/h3-5,7-9,14H,6H2,1-2H3,(H,15,16)/t8?,9-/m1/s1. The van der Waals surface area contributed by atoms with Crippen LogP contribution in [0, 0.1) is 0 Å². The number of rotatable bonds is 5. The molecule has 1 rings (SSSR count). The van der Waals surface area contributed by atoms with E-state index >= 15 is 0 Å². The minimum atomic E-state index is -0.776. The zero-order valence-corrected chi connectivity index (χ0v) is 11.0. The third-order valence-corrected chi connectivity index (χ3v) is 2.86. The molecule has 2 N–H and O–H groups in total. The predicted octanol–water partition coefficient (Wildman–Crippen LogP) is 2.96. The highest BCUT2D eigenvalue weighted by molar-refractivity contribution is 9.10. The number of hydrogen-bond acceptors (Lipinski definition) is 2. The molecule has 0 amide bonds. The summed E-state index contributed by atoms with van der Waals surface area (Å²) in [6.45, 7) is 3.91. The van der Waals surface area contributed by atoms with Crippen LogP contribution in [0.5, 0.6) is 0 Å². The number of carboxylic acid groups (broad SMARTS) is 1. The van der Waals surface area contributed by atoms with Crippen molar-refractivity contribution < 1.29 is 9.90 Å². The van der Waals surface area contributed by atoms with Crippen LogP contribution in [0.2, 0.25) is 0 Å². The van der Waals surface area contributed by atoms with Crippen molar-refractivity contribution in [1.29, 1.82) is 0 Å². The highest BCUT2D eigenvalue weighted by atomic mass is 79.9. The van der Waals surface area contributed by atoms with E-state index in [-0.39, 0.29) is 18.5 Å². The van der Waals surface area contributed by atoms with Crippen LogP contribution in [-0.2, 0) is 4.79 Å². The Kier molecular flexibility index (Phi) is 4.96. The van der Waals surface area contributed by atoms with E-state index in [2.05, 4.69) is 21.2 Å². The smallest absolute Gasteiger partial charge is 0.304 e. The van der Waals surface area contributed by atoms with Gasteiger partial charge in [-0.1, -0.05) is 28.1 Å². The zero-order valence-electron chi connectivity index (χ0n) is 9.40. The molecule has 0 saturated heterocycles. The van der Waals surface area contributed by atoms with Crippen molar-refractivity contribution in [3.8, 4) is 0 Å². The molecule has 16 heavy (non-hydrogen) atoms. The molecule has 0 bridgehead atoms. The Hall–Kier alpha value is -0.870. The molecule has 3 nitrogen and oxygen atoms in total. The lowest BCUT2D eigenvalue weighted by Gasteiger charge is -2.19. The number of benzene rings is 1. The number of halogens is 1. The van der Waals surface area contributed by atoms with Gasteiger partial charge in [0.1, 0.15) is 0 Å². The molecule has 0 fully saturated rings. The molecule has 0 spiro atoms. The van der Waals surface area contributed by atoms with Crippen molar-refractivity contribution in [1.82, 2.24) is 5.32 Å². The molecule has 0 radical (unpaired) electrons. The molecule has 4 heteroatoms. The maximum absolute atomic E-state index is 10.5. The van der Waals surface area contributed by atoms with Gasteiger partial charge in [0.15, 0.2) is 0 Å². The number of nitrogens with one attached hydrogen (secondary N) is 1. The van der Waals surface area contributed by atoms with E-state index in [1.165, 1.54) is 0 Å². The van der Waals surface area contributed by atoms with E-state index in [4.69, 9.17) is 5.11 Å². The molecule has 88 valence electrons. The molecule has 0 aliphatic heterocycles. The van der Waals surface area contributed by atoms with Crippen molar-refractivity contribution in [2.24, 2.45) is 0 Å². The van der Waals surface area contributed by atoms with Gasteiger partial charge in [-0.25, -0.2) is 0 Å². The van der Waals surface area contributed by atoms with Crippen LogP contribution in [0.4, 0.5) is 0 Å². The maximum atomic E-state index is 10.5. The Bertz CT molecular complexity index is 368. The fourth-order valence-electron chi connectivity index (χ4n) is 1.62. The molecule has 2 atom stereocenters. The van der Waals surface area contributed by atoms with E-state index < -0.39 is 5.97 Å². The van der Waals surface area contributed by atoms with Crippen LogP contribution in [-0.4, -0.2) is 17.1 Å². The van der Waals surface area contributed by atoms with Crippen LogP contribution >= 0.6 is 15.9 Å². The Morgan fingerprint density at radius 3 is 2.75 bits per heavy atom. The average molecular weight is 286 g/mol. The minimum absolute atomic E-state index is 0.0357. The second kappa shape index (κ2) is 6.01. The van der Waals surface area contributed by atoms with E-state index in [0.29, 0.717) is 0 Å². The van der Waals surface area contributed by atoms with Gasteiger partial charge in [0.2, 0.25) is 0 Å². The molecular weight excluding hydrogens is 270 g/mol. The summed E-state index contributed by atoms with van der Waals surface area (Å²) in [6.07, 6.45) is 0.137. The summed E-state index contributed by atoms with van der Waals surface area (Å²) in [6, 6.07) is 8.11. The van der Waals surface area contributed by atoms with Gasteiger partial charge in [-0.2, -0.15) is 0 Å². The van der Waals surface area contributed by atoms with Crippen molar-refractivity contribution in [3.63, 3.8) is 0 Å². The molecule has 1 aromatic carbocycles. The Morgan fingerprint density at radius 2 is 2.19 bits per heavy atom. The Labute approximate surface area is 104 Å². The summed E-state index contributed by atoms with van der Waals surface area (Å²) in [4.78, 5) is 10.5. The lowest BCUT2D eigenvalue weighted by molar-refractivity contribution is -0.137. The molecule has 0 heterocycles. The third-order valence-electron chi connectivity index (χ3n) is 2.36. The number of carboxylic acids is 1. The van der Waals surface area contributed by atoms with Crippen molar-refractivity contribution >= 4 is 21.9 Å². The number of carbonyl (C=O) groups is 1. The first-order valence-corrected chi connectivity index (χ1v) is 6.01. The summed E-state index contributed by atoms with van der Waals surface area (Å²) >= 11 is 3.42. The van der Waals surface area contributed by atoms with E-state index in [1.807, 2.05) is 38.1 Å². The summed E-state index contributed by atoms with van der Waals surface area (Å²) in [5.41, 5.74) is 1.15. The fourth-order valence-corrected chi connectivity index (χ4v) is 2.04. The summed E-state index contributed by atoms with van der Waals surface area (Å²) in [7, 11) is 0. The monoisotopic (exact) mass is 285 g/mol. The van der Waals surface area contributed by atoms with E-state index in [0.717, 1.165) is 10.0 Å². The maximum Gasteiger partial charge on any atom is 0.304 e. The van der Waals surface area contributed by atoms with Gasteiger partial charge >= 0.3 is 5.97 Å². The quantitative estimate of drug-likeness (QED) is 0.875. The largest absolute Gasteiger partial charge is 0.481 e. The minimum Gasteiger partial charge on any atom is -0.481 e. The summed E-state index contributed by atoms with van der Waals surface area (Å²) in [5, 5.41) is 11.9. The van der Waals surface area contributed by atoms with Crippen molar-refractivity contribution in [2.45, 2.75) is 32.4 Å². The molecular formula is C12H16BrNO2. The molecule has 1 unspecified atom stereocenters. The Balaban J connectivity index is 2.58. The lowest BCUT2D eigenvalue weighted by atomic mass is 10.1. The molecule has 0 aliphatic rings.